The van der Waals surface area contributed by atoms with Gasteiger partial charge in [-0.25, -0.2) is 0 Å². The van der Waals surface area contributed by atoms with Crippen LogP contribution >= 0.6 is 11.3 Å². The van der Waals surface area contributed by atoms with Crippen LogP contribution in [0.3, 0.4) is 0 Å². The van der Waals surface area contributed by atoms with Gasteiger partial charge in [0.2, 0.25) is 5.91 Å². The smallest absolute Gasteiger partial charge is 0.237 e. The predicted octanol–water partition coefficient (Wildman–Crippen LogP) is 3.93. The molecule has 2 aromatic rings. The Bertz CT molecular complexity index is 970. The van der Waals surface area contributed by atoms with Gasteiger partial charge in [0.15, 0.2) is 11.5 Å². The van der Waals surface area contributed by atoms with E-state index in [1.165, 1.54) is 4.88 Å². The number of carbonyl (C=O) groups is 1. The van der Waals surface area contributed by atoms with Crippen LogP contribution in [0, 0.1) is 0 Å². The van der Waals surface area contributed by atoms with Crippen molar-refractivity contribution < 1.29 is 24.1 Å². The van der Waals surface area contributed by atoms with Crippen molar-refractivity contribution in [2.75, 3.05) is 46.5 Å². The Hall–Kier alpha value is -2.39. The standard InChI is InChI=1S/C27H38N2O5S/c1-6-13-28(16-20(30)18-34-27(2,3)4)17-26(31)29-14-11-25-21(12-15-35-25)22(29)19-33-24-10-8-7-9-23(24)32-5/h6-10,12,15,20,22,30H,1,11,13-14,16-19H2,2-5H3/t20-,22-/m1/s1. The van der Waals surface area contributed by atoms with Crippen LogP contribution < -0.4 is 9.47 Å². The number of carbonyl (C=O) groups excluding carboxylic acids is 1. The average Bonchev–Trinajstić information content (AvgIpc) is 3.30. The van der Waals surface area contributed by atoms with Crippen LogP contribution in [-0.4, -0.2) is 79.0 Å². The number of amides is 1. The number of para-hydroxylation sites is 2. The molecule has 1 aromatic carbocycles. The Balaban J connectivity index is 1.70. The molecule has 1 N–H and O–H groups in total. The van der Waals surface area contributed by atoms with Gasteiger partial charge in [-0.2, -0.15) is 0 Å². The lowest BCUT2D eigenvalue weighted by Crippen LogP contribution is -2.48. The summed E-state index contributed by atoms with van der Waals surface area (Å²) in [6.07, 6.45) is 1.88. The molecule has 3 rings (SSSR count). The number of thiophene rings is 1. The van der Waals surface area contributed by atoms with E-state index >= 15 is 0 Å². The molecular formula is C27H38N2O5S. The molecule has 2 heterocycles. The topological polar surface area (TPSA) is 71.5 Å². The van der Waals surface area contributed by atoms with E-state index in [1.54, 1.807) is 24.5 Å². The molecular weight excluding hydrogens is 464 g/mol. The third-order valence-electron chi connectivity index (χ3n) is 5.80. The number of nitrogens with zero attached hydrogens (tertiary/aromatic N) is 2. The maximum atomic E-state index is 13.5. The number of hydrogen-bond donors (Lipinski definition) is 1. The van der Waals surface area contributed by atoms with Gasteiger partial charge < -0.3 is 24.2 Å². The average molecular weight is 503 g/mol. The molecule has 2 atom stereocenters. The van der Waals surface area contributed by atoms with Crippen molar-refractivity contribution in [1.82, 2.24) is 9.80 Å². The molecule has 8 heteroatoms. The van der Waals surface area contributed by atoms with Crippen molar-refractivity contribution in [2.45, 2.75) is 44.9 Å². The molecule has 0 bridgehead atoms. The van der Waals surface area contributed by atoms with Crippen molar-refractivity contribution in [1.29, 1.82) is 0 Å². The van der Waals surface area contributed by atoms with Gasteiger partial charge in [0.05, 0.1) is 38.0 Å². The van der Waals surface area contributed by atoms with E-state index < -0.39 is 6.10 Å². The van der Waals surface area contributed by atoms with Crippen LogP contribution in [0.15, 0.2) is 48.4 Å². The molecule has 0 saturated carbocycles. The van der Waals surface area contributed by atoms with E-state index in [-0.39, 0.29) is 30.7 Å². The number of fused-ring (bicyclic) bond motifs is 1. The third-order valence-corrected chi connectivity index (χ3v) is 6.80. The summed E-state index contributed by atoms with van der Waals surface area (Å²) in [5.74, 6) is 1.32. The molecule has 192 valence electrons. The van der Waals surface area contributed by atoms with Gasteiger partial charge in [0.1, 0.15) is 6.61 Å². The van der Waals surface area contributed by atoms with Gasteiger partial charge in [0.25, 0.3) is 0 Å². The first kappa shape index (κ1) is 27.2. The van der Waals surface area contributed by atoms with Crippen molar-refractivity contribution in [3.63, 3.8) is 0 Å². The molecule has 35 heavy (non-hydrogen) atoms. The molecule has 0 aliphatic carbocycles. The molecule has 0 saturated heterocycles. The minimum Gasteiger partial charge on any atom is -0.493 e. The van der Waals surface area contributed by atoms with Gasteiger partial charge in [0, 0.05) is 24.5 Å². The van der Waals surface area contributed by atoms with Crippen molar-refractivity contribution in [2.24, 2.45) is 0 Å². The second kappa shape index (κ2) is 12.5. The van der Waals surface area contributed by atoms with Gasteiger partial charge in [-0.15, -0.1) is 17.9 Å². The van der Waals surface area contributed by atoms with Gasteiger partial charge in [-0.05, 0) is 56.3 Å². The van der Waals surface area contributed by atoms with Gasteiger partial charge in [-0.1, -0.05) is 18.2 Å². The van der Waals surface area contributed by atoms with Crippen molar-refractivity contribution >= 4 is 17.2 Å². The van der Waals surface area contributed by atoms with Gasteiger partial charge >= 0.3 is 0 Å². The minimum atomic E-state index is -0.698. The number of rotatable bonds is 12. The normalized spacial score (nSPS) is 16.6. The van der Waals surface area contributed by atoms with Crippen LogP contribution in [0.25, 0.3) is 0 Å². The van der Waals surface area contributed by atoms with Crippen LogP contribution in [0.1, 0.15) is 37.3 Å². The highest BCUT2D eigenvalue weighted by atomic mass is 32.1. The monoisotopic (exact) mass is 502 g/mol. The summed E-state index contributed by atoms with van der Waals surface area (Å²) >= 11 is 1.72. The Morgan fingerprint density at radius 3 is 2.74 bits per heavy atom. The lowest BCUT2D eigenvalue weighted by molar-refractivity contribution is -0.136. The van der Waals surface area contributed by atoms with Crippen LogP contribution in [0.2, 0.25) is 0 Å². The highest BCUT2D eigenvalue weighted by molar-refractivity contribution is 7.10. The summed E-state index contributed by atoms with van der Waals surface area (Å²) < 4.78 is 17.3. The molecule has 1 amide bonds. The Morgan fingerprint density at radius 1 is 1.31 bits per heavy atom. The third kappa shape index (κ3) is 7.80. The molecule has 7 nitrogen and oxygen atoms in total. The second-order valence-corrected chi connectivity index (χ2v) is 10.7. The maximum absolute atomic E-state index is 13.5. The Kier molecular flexibility index (Phi) is 9.74. The summed E-state index contributed by atoms with van der Waals surface area (Å²) in [7, 11) is 1.62. The number of hydrogen-bond acceptors (Lipinski definition) is 7. The number of benzene rings is 1. The summed E-state index contributed by atoms with van der Waals surface area (Å²) in [5, 5.41) is 12.6. The van der Waals surface area contributed by atoms with E-state index in [1.807, 2.05) is 54.8 Å². The number of aliphatic hydroxyl groups is 1. The Morgan fingerprint density at radius 2 is 2.06 bits per heavy atom. The van der Waals surface area contributed by atoms with Crippen LogP contribution in [0.4, 0.5) is 0 Å². The summed E-state index contributed by atoms with van der Waals surface area (Å²) in [6.45, 7) is 11.9. The fourth-order valence-electron chi connectivity index (χ4n) is 4.15. The summed E-state index contributed by atoms with van der Waals surface area (Å²) in [4.78, 5) is 18.6. The summed E-state index contributed by atoms with van der Waals surface area (Å²) in [5.41, 5.74) is 0.805. The van der Waals surface area contributed by atoms with Gasteiger partial charge in [-0.3, -0.25) is 9.69 Å². The highest BCUT2D eigenvalue weighted by Crippen LogP contribution is 2.35. The first-order valence-electron chi connectivity index (χ1n) is 12.0. The van der Waals surface area contributed by atoms with E-state index in [9.17, 15) is 9.90 Å². The highest BCUT2D eigenvalue weighted by Gasteiger charge is 2.33. The molecule has 0 unspecified atom stereocenters. The van der Waals surface area contributed by atoms with E-state index in [0.717, 1.165) is 12.0 Å². The SMILES string of the molecule is C=CCN(CC(=O)N1CCc2sccc2[C@H]1COc1ccccc1OC)C[C@@H](O)COC(C)(C)C. The minimum absolute atomic E-state index is 0.00117. The first-order chi connectivity index (χ1) is 16.7. The zero-order chi connectivity index (χ0) is 25.4. The fourth-order valence-corrected chi connectivity index (χ4v) is 5.07. The molecule has 0 fully saturated rings. The van der Waals surface area contributed by atoms with E-state index in [4.69, 9.17) is 14.2 Å². The number of ether oxygens (including phenoxy) is 3. The second-order valence-electron chi connectivity index (χ2n) is 9.67. The molecule has 0 radical (unpaired) electrons. The molecule has 1 aliphatic heterocycles. The van der Waals surface area contributed by atoms with E-state index in [2.05, 4.69) is 18.0 Å². The largest absolute Gasteiger partial charge is 0.493 e. The molecule has 1 aromatic heterocycles. The van der Waals surface area contributed by atoms with Crippen molar-refractivity contribution in [3.8, 4) is 11.5 Å². The lowest BCUT2D eigenvalue weighted by atomic mass is 10.0. The predicted molar refractivity (Wildman–Crippen MR) is 139 cm³/mol. The zero-order valence-electron chi connectivity index (χ0n) is 21.2. The number of methoxy groups -OCH3 is 1. The van der Waals surface area contributed by atoms with Crippen molar-refractivity contribution in [3.05, 3.63) is 58.8 Å². The van der Waals surface area contributed by atoms with Crippen LogP contribution in [-0.2, 0) is 16.0 Å². The van der Waals surface area contributed by atoms with Crippen LogP contribution in [0.5, 0.6) is 11.5 Å². The first-order valence-corrected chi connectivity index (χ1v) is 12.9. The fraction of sp³-hybridized carbons (Fsp3) is 0.519. The maximum Gasteiger partial charge on any atom is 0.237 e. The Labute approximate surface area is 212 Å². The molecule has 0 spiro atoms. The zero-order valence-corrected chi connectivity index (χ0v) is 22.1. The van der Waals surface area contributed by atoms with E-state index in [0.29, 0.717) is 37.7 Å². The summed E-state index contributed by atoms with van der Waals surface area (Å²) in [6, 6.07) is 9.42. The lowest BCUT2D eigenvalue weighted by Gasteiger charge is -2.37. The number of aliphatic hydroxyl groups excluding tert-OH is 1. The molecule has 1 aliphatic rings. The quantitative estimate of drug-likeness (QED) is 0.444.